The van der Waals surface area contributed by atoms with E-state index in [1.807, 2.05) is 30.0 Å². The first-order chi connectivity index (χ1) is 14.7. The molecule has 2 aromatic carbocycles. The number of fused-ring (bicyclic) bond motifs is 1. The third-order valence-corrected chi connectivity index (χ3v) is 7.75. The number of hydrogen-bond donors (Lipinski definition) is 0. The van der Waals surface area contributed by atoms with Gasteiger partial charge in [-0.05, 0) is 42.2 Å². The molecule has 0 aliphatic carbocycles. The number of amidine groups is 1. The number of aliphatic imine (C=N–C) groups is 1. The van der Waals surface area contributed by atoms with Crippen molar-refractivity contribution in [2.24, 2.45) is 4.99 Å². The van der Waals surface area contributed by atoms with Crippen LogP contribution in [0.5, 0.6) is 0 Å². The molecule has 31 heavy (non-hydrogen) atoms. The van der Waals surface area contributed by atoms with Gasteiger partial charge in [-0.3, -0.25) is 14.1 Å². The molecule has 0 saturated carbocycles. The van der Waals surface area contributed by atoms with E-state index in [0.29, 0.717) is 47.5 Å². The molecule has 2 aromatic rings. The molecule has 0 unspecified atom stereocenters. The summed E-state index contributed by atoms with van der Waals surface area (Å²) in [5, 5.41) is 0.960. The van der Waals surface area contributed by atoms with E-state index >= 15 is 0 Å². The van der Waals surface area contributed by atoms with Crippen LogP contribution in [0.1, 0.15) is 35.2 Å². The molecular weight excluding hydrogens is 457 g/mol. The second-order valence-electron chi connectivity index (χ2n) is 7.80. The van der Waals surface area contributed by atoms with Crippen LogP contribution in [-0.4, -0.2) is 55.3 Å². The second-order valence-corrected chi connectivity index (χ2v) is 10.5. The summed E-state index contributed by atoms with van der Waals surface area (Å²) in [6.07, 6.45) is 1.95. The highest BCUT2D eigenvalue weighted by molar-refractivity contribution is 7.88. The molecule has 0 radical (unpaired) electrons. The van der Waals surface area contributed by atoms with E-state index in [2.05, 4.69) is 4.99 Å². The molecule has 0 spiro atoms. The molecule has 0 aromatic heterocycles. The molecule has 2 aliphatic rings. The van der Waals surface area contributed by atoms with Crippen molar-refractivity contribution in [2.75, 3.05) is 25.9 Å². The summed E-state index contributed by atoms with van der Waals surface area (Å²) < 4.78 is 25.7. The maximum absolute atomic E-state index is 13.1. The Morgan fingerprint density at radius 2 is 1.81 bits per heavy atom. The number of sulfonamides is 1. The lowest BCUT2D eigenvalue weighted by Crippen LogP contribution is -2.41. The minimum absolute atomic E-state index is 0.0467. The third kappa shape index (κ3) is 4.19. The van der Waals surface area contributed by atoms with E-state index in [9.17, 15) is 13.2 Å². The van der Waals surface area contributed by atoms with Crippen molar-refractivity contribution in [3.05, 3.63) is 68.7 Å². The van der Waals surface area contributed by atoms with Crippen molar-refractivity contribution >= 4 is 45.0 Å². The van der Waals surface area contributed by atoms with Crippen LogP contribution in [0.25, 0.3) is 0 Å². The first-order valence-electron chi connectivity index (χ1n) is 10.0. The maximum atomic E-state index is 13.1. The lowest BCUT2D eigenvalue weighted by molar-refractivity contribution is -0.133. The lowest BCUT2D eigenvalue weighted by Gasteiger charge is -2.37. The molecule has 6 nitrogen and oxygen atoms in total. The van der Waals surface area contributed by atoms with Gasteiger partial charge in [-0.15, -0.1) is 0 Å². The van der Waals surface area contributed by atoms with Gasteiger partial charge >= 0.3 is 0 Å². The molecule has 9 heteroatoms. The average Bonchev–Trinajstić information content (AvgIpc) is 3.21. The Labute approximate surface area is 192 Å². The Morgan fingerprint density at radius 3 is 2.48 bits per heavy atom. The number of amides is 1. The number of nitrogens with zero attached hydrogens (tertiary/aromatic N) is 3. The fraction of sp³-hybridized carbons (Fsp3) is 0.364. The molecule has 0 fully saturated rings. The molecule has 0 N–H and O–H groups in total. The van der Waals surface area contributed by atoms with Gasteiger partial charge in [-0.1, -0.05) is 47.5 Å². The molecule has 4 rings (SSSR count). The number of hydrogen-bond acceptors (Lipinski definition) is 4. The van der Waals surface area contributed by atoms with E-state index in [4.69, 9.17) is 23.2 Å². The Morgan fingerprint density at radius 1 is 1.13 bits per heavy atom. The smallest absolute Gasteiger partial charge is 0.233 e. The molecule has 2 heterocycles. The Hall–Kier alpha value is -2.09. The predicted molar refractivity (Wildman–Crippen MR) is 123 cm³/mol. The van der Waals surface area contributed by atoms with Crippen LogP contribution in [0.4, 0.5) is 0 Å². The van der Waals surface area contributed by atoms with Crippen LogP contribution in [0.2, 0.25) is 10.0 Å². The van der Waals surface area contributed by atoms with Crippen molar-refractivity contribution in [1.29, 1.82) is 0 Å². The van der Waals surface area contributed by atoms with Gasteiger partial charge in [0.1, 0.15) is 5.84 Å². The molecular formula is C22H23Cl2N3O3S. The number of benzene rings is 2. The van der Waals surface area contributed by atoms with Crippen LogP contribution < -0.4 is 0 Å². The number of carbonyl (C=O) groups excluding carboxylic acids is 1. The van der Waals surface area contributed by atoms with E-state index in [0.717, 1.165) is 16.7 Å². The summed E-state index contributed by atoms with van der Waals surface area (Å²) in [6, 6.07) is 10.9. The lowest BCUT2D eigenvalue weighted by atomic mass is 9.89. The number of halogens is 2. The number of carbonyl (C=O) groups is 1. The fourth-order valence-corrected chi connectivity index (χ4v) is 5.76. The zero-order valence-electron chi connectivity index (χ0n) is 17.3. The maximum Gasteiger partial charge on any atom is 0.233 e. The monoisotopic (exact) mass is 479 g/mol. The third-order valence-electron chi connectivity index (χ3n) is 5.88. The average molecular weight is 480 g/mol. The minimum Gasteiger partial charge on any atom is -0.335 e. The van der Waals surface area contributed by atoms with Crippen LogP contribution in [-0.2, 0) is 27.7 Å². The van der Waals surface area contributed by atoms with Gasteiger partial charge in [-0.2, -0.15) is 0 Å². The van der Waals surface area contributed by atoms with Gasteiger partial charge in [0, 0.05) is 22.2 Å². The Balaban J connectivity index is 1.63. The van der Waals surface area contributed by atoms with Gasteiger partial charge in [0.2, 0.25) is 15.9 Å². The van der Waals surface area contributed by atoms with Gasteiger partial charge in [0.15, 0.2) is 0 Å². The summed E-state index contributed by atoms with van der Waals surface area (Å²) in [4.78, 5) is 19.4. The minimum atomic E-state index is -3.39. The van der Waals surface area contributed by atoms with E-state index < -0.39 is 10.0 Å². The fourth-order valence-electron chi connectivity index (χ4n) is 4.35. The molecule has 0 bridgehead atoms. The van der Waals surface area contributed by atoms with Gasteiger partial charge < -0.3 is 4.90 Å². The topological polar surface area (TPSA) is 70.1 Å². The summed E-state index contributed by atoms with van der Waals surface area (Å²) in [6.45, 7) is 3.32. The van der Waals surface area contributed by atoms with Gasteiger partial charge in [0.25, 0.3) is 0 Å². The van der Waals surface area contributed by atoms with Crippen molar-refractivity contribution in [3.8, 4) is 0 Å². The summed E-state index contributed by atoms with van der Waals surface area (Å²) >= 11 is 12.5. The summed E-state index contributed by atoms with van der Waals surface area (Å²) in [5.74, 6) is 0.448. The Bertz CT molecular complexity index is 1160. The van der Waals surface area contributed by atoms with Crippen molar-refractivity contribution in [2.45, 2.75) is 25.8 Å². The Kier molecular flexibility index (Phi) is 6.03. The van der Waals surface area contributed by atoms with E-state index in [1.54, 1.807) is 18.2 Å². The van der Waals surface area contributed by atoms with Crippen molar-refractivity contribution < 1.29 is 13.2 Å². The van der Waals surface area contributed by atoms with Crippen LogP contribution >= 0.6 is 23.2 Å². The summed E-state index contributed by atoms with van der Waals surface area (Å²) in [7, 11) is -3.39. The highest BCUT2D eigenvalue weighted by Gasteiger charge is 2.33. The molecule has 1 amide bonds. The van der Waals surface area contributed by atoms with Crippen LogP contribution in [0, 0.1) is 0 Å². The predicted octanol–water partition coefficient (Wildman–Crippen LogP) is 3.70. The zero-order valence-corrected chi connectivity index (χ0v) is 19.6. The standard InChI is InChI=1S/C22H23Cl2N3O3S/c1-14-15-5-3-6-17(22-25-10-12-27(22)31(2,29)30)16(15)9-11-26(14)21(28)13-18-19(23)7-4-8-20(18)24/h3-8,14H,9-13H2,1-2H3/t14-/m0/s1. The first kappa shape index (κ1) is 22.1. The van der Waals surface area contributed by atoms with E-state index in [-0.39, 0.29) is 18.4 Å². The second kappa shape index (κ2) is 8.45. The first-order valence-corrected chi connectivity index (χ1v) is 12.7. The zero-order chi connectivity index (χ0) is 22.3. The van der Waals surface area contributed by atoms with Crippen molar-refractivity contribution in [3.63, 3.8) is 0 Å². The molecule has 0 saturated heterocycles. The van der Waals surface area contributed by atoms with Crippen LogP contribution in [0.3, 0.4) is 0 Å². The van der Waals surface area contributed by atoms with Gasteiger partial charge in [0.05, 0.1) is 31.8 Å². The summed E-state index contributed by atoms with van der Waals surface area (Å²) in [5.41, 5.74) is 3.51. The SMILES string of the molecule is C[C@H]1c2cccc(C3=NCCN3S(C)(=O)=O)c2CCN1C(=O)Cc1c(Cl)cccc1Cl. The van der Waals surface area contributed by atoms with Gasteiger partial charge in [-0.25, -0.2) is 8.42 Å². The number of rotatable bonds is 4. The largest absolute Gasteiger partial charge is 0.335 e. The normalized spacial score (nSPS) is 18.7. The highest BCUT2D eigenvalue weighted by Crippen LogP contribution is 2.34. The van der Waals surface area contributed by atoms with E-state index in [1.165, 1.54) is 10.6 Å². The quantitative estimate of drug-likeness (QED) is 0.670. The molecule has 2 aliphatic heterocycles. The van der Waals surface area contributed by atoms with Crippen molar-refractivity contribution in [1.82, 2.24) is 9.21 Å². The molecule has 1 atom stereocenters. The molecule has 164 valence electrons. The van der Waals surface area contributed by atoms with Crippen LogP contribution in [0.15, 0.2) is 41.4 Å². The highest BCUT2D eigenvalue weighted by atomic mass is 35.5.